The van der Waals surface area contributed by atoms with Gasteiger partial charge in [-0.2, -0.15) is 15.0 Å². The summed E-state index contributed by atoms with van der Waals surface area (Å²) in [4.78, 5) is 4.02. The molecule has 4 nitrogen and oxygen atoms in total. The SMILES string of the molecule is CC(C)N1Cc2nn(C)nc2C1. The number of hydrogen-bond donors (Lipinski definition) is 0. The van der Waals surface area contributed by atoms with Crippen LogP contribution in [0.5, 0.6) is 0 Å². The van der Waals surface area contributed by atoms with Gasteiger partial charge in [0.25, 0.3) is 0 Å². The zero-order valence-electron chi connectivity index (χ0n) is 7.78. The van der Waals surface area contributed by atoms with Crippen LogP contribution in [0.1, 0.15) is 25.2 Å². The van der Waals surface area contributed by atoms with Gasteiger partial charge in [-0.15, -0.1) is 0 Å². The van der Waals surface area contributed by atoms with Gasteiger partial charge in [-0.25, -0.2) is 0 Å². The van der Waals surface area contributed by atoms with Crippen molar-refractivity contribution in [1.82, 2.24) is 19.9 Å². The average Bonchev–Trinajstić information content (AvgIpc) is 2.42. The topological polar surface area (TPSA) is 34.0 Å². The van der Waals surface area contributed by atoms with Gasteiger partial charge >= 0.3 is 0 Å². The van der Waals surface area contributed by atoms with Crippen molar-refractivity contribution in [3.63, 3.8) is 0 Å². The lowest BCUT2D eigenvalue weighted by molar-refractivity contribution is 0.220. The van der Waals surface area contributed by atoms with E-state index in [1.165, 1.54) is 0 Å². The molecule has 0 N–H and O–H groups in total. The highest BCUT2D eigenvalue weighted by Crippen LogP contribution is 2.20. The lowest BCUT2D eigenvalue weighted by atomic mass is 10.3. The summed E-state index contributed by atoms with van der Waals surface area (Å²) in [5.41, 5.74) is 2.29. The summed E-state index contributed by atoms with van der Waals surface area (Å²) in [6, 6.07) is 0.589. The molecule has 2 heterocycles. The first kappa shape index (κ1) is 7.73. The van der Waals surface area contributed by atoms with Crippen molar-refractivity contribution in [3.05, 3.63) is 11.4 Å². The summed E-state index contributed by atoms with van der Waals surface area (Å²) in [6.45, 7) is 6.32. The van der Waals surface area contributed by atoms with E-state index < -0.39 is 0 Å². The maximum atomic E-state index is 4.29. The number of nitrogens with zero attached hydrogens (tertiary/aromatic N) is 4. The van der Waals surface area contributed by atoms with Crippen molar-refractivity contribution >= 4 is 0 Å². The van der Waals surface area contributed by atoms with Crippen LogP contribution in [0.15, 0.2) is 0 Å². The lowest BCUT2D eigenvalue weighted by Crippen LogP contribution is -2.25. The summed E-state index contributed by atoms with van der Waals surface area (Å²) in [5, 5.41) is 8.58. The molecule has 0 bridgehead atoms. The van der Waals surface area contributed by atoms with Crippen LogP contribution in [0.3, 0.4) is 0 Å². The van der Waals surface area contributed by atoms with Crippen LogP contribution in [0, 0.1) is 0 Å². The van der Waals surface area contributed by atoms with Gasteiger partial charge in [0.15, 0.2) is 0 Å². The van der Waals surface area contributed by atoms with Crippen LogP contribution in [-0.2, 0) is 20.1 Å². The summed E-state index contributed by atoms with van der Waals surface area (Å²) in [7, 11) is 1.87. The molecule has 0 amide bonds. The van der Waals surface area contributed by atoms with Gasteiger partial charge in [-0.05, 0) is 13.8 Å². The van der Waals surface area contributed by atoms with Crippen LogP contribution in [0.2, 0.25) is 0 Å². The summed E-state index contributed by atoms with van der Waals surface area (Å²) in [6.07, 6.45) is 0. The smallest absolute Gasteiger partial charge is 0.101 e. The molecule has 0 aliphatic carbocycles. The Hall–Kier alpha value is -0.900. The first-order valence-corrected chi connectivity index (χ1v) is 4.30. The predicted octanol–water partition coefficient (Wildman–Crippen LogP) is 0.539. The van der Waals surface area contributed by atoms with Gasteiger partial charge in [-0.1, -0.05) is 0 Å². The van der Waals surface area contributed by atoms with Crippen molar-refractivity contribution in [1.29, 1.82) is 0 Å². The summed E-state index contributed by atoms with van der Waals surface area (Å²) < 4.78 is 0. The Morgan fingerprint density at radius 2 is 1.67 bits per heavy atom. The second kappa shape index (κ2) is 2.55. The Kier molecular flexibility index (Phi) is 1.65. The van der Waals surface area contributed by atoms with E-state index in [1.54, 1.807) is 4.80 Å². The molecule has 1 aliphatic heterocycles. The van der Waals surface area contributed by atoms with Gasteiger partial charge in [-0.3, -0.25) is 4.90 Å². The molecule has 0 radical (unpaired) electrons. The maximum absolute atomic E-state index is 4.29. The van der Waals surface area contributed by atoms with Crippen LogP contribution < -0.4 is 0 Å². The van der Waals surface area contributed by atoms with E-state index in [9.17, 15) is 0 Å². The molecular formula is C8H14N4. The molecule has 0 spiro atoms. The molecule has 4 heteroatoms. The zero-order valence-corrected chi connectivity index (χ0v) is 7.78. The predicted molar refractivity (Wildman–Crippen MR) is 45.4 cm³/mol. The first-order valence-electron chi connectivity index (χ1n) is 4.30. The molecule has 0 unspecified atom stereocenters. The summed E-state index contributed by atoms with van der Waals surface area (Å²) >= 11 is 0. The lowest BCUT2D eigenvalue weighted by Gasteiger charge is -2.18. The average molecular weight is 166 g/mol. The molecule has 2 rings (SSSR count). The van der Waals surface area contributed by atoms with E-state index in [2.05, 4.69) is 28.9 Å². The van der Waals surface area contributed by atoms with Crippen LogP contribution >= 0.6 is 0 Å². The minimum absolute atomic E-state index is 0.589. The maximum Gasteiger partial charge on any atom is 0.101 e. The van der Waals surface area contributed by atoms with Crippen LogP contribution in [0.4, 0.5) is 0 Å². The van der Waals surface area contributed by atoms with Gasteiger partial charge in [0.2, 0.25) is 0 Å². The normalized spacial score (nSPS) is 17.3. The van der Waals surface area contributed by atoms with Gasteiger partial charge in [0, 0.05) is 26.2 Å². The zero-order chi connectivity index (χ0) is 8.72. The third-order valence-corrected chi connectivity index (χ3v) is 2.30. The molecule has 0 aromatic carbocycles. The highest BCUT2D eigenvalue weighted by Gasteiger charge is 2.24. The Morgan fingerprint density at radius 3 is 2.08 bits per heavy atom. The second-order valence-electron chi connectivity index (χ2n) is 3.58. The van der Waals surface area contributed by atoms with Gasteiger partial charge in [0.1, 0.15) is 11.4 Å². The third kappa shape index (κ3) is 1.12. The van der Waals surface area contributed by atoms with E-state index in [4.69, 9.17) is 0 Å². The molecular weight excluding hydrogens is 152 g/mol. The number of aromatic nitrogens is 3. The van der Waals surface area contributed by atoms with Gasteiger partial charge < -0.3 is 0 Å². The van der Waals surface area contributed by atoms with Crippen molar-refractivity contribution < 1.29 is 0 Å². The third-order valence-electron chi connectivity index (χ3n) is 2.30. The van der Waals surface area contributed by atoms with Crippen LogP contribution in [0.25, 0.3) is 0 Å². The van der Waals surface area contributed by atoms with E-state index in [1.807, 2.05) is 7.05 Å². The molecule has 0 fully saturated rings. The largest absolute Gasteiger partial charge is 0.289 e. The highest BCUT2D eigenvalue weighted by atomic mass is 15.5. The fourth-order valence-electron chi connectivity index (χ4n) is 1.54. The Morgan fingerprint density at radius 1 is 1.17 bits per heavy atom. The molecule has 1 aliphatic rings. The second-order valence-corrected chi connectivity index (χ2v) is 3.58. The molecule has 0 saturated heterocycles. The molecule has 12 heavy (non-hydrogen) atoms. The minimum Gasteiger partial charge on any atom is -0.289 e. The molecule has 0 atom stereocenters. The van der Waals surface area contributed by atoms with E-state index in [-0.39, 0.29) is 0 Å². The summed E-state index contributed by atoms with van der Waals surface area (Å²) in [5.74, 6) is 0. The van der Waals surface area contributed by atoms with Crippen molar-refractivity contribution in [2.45, 2.75) is 33.0 Å². The van der Waals surface area contributed by atoms with Gasteiger partial charge in [0.05, 0.1) is 0 Å². The van der Waals surface area contributed by atoms with Crippen molar-refractivity contribution in [2.75, 3.05) is 0 Å². The molecule has 66 valence electrons. The highest BCUT2D eigenvalue weighted by molar-refractivity contribution is 5.13. The van der Waals surface area contributed by atoms with E-state index >= 15 is 0 Å². The number of rotatable bonds is 1. The fraction of sp³-hybridized carbons (Fsp3) is 0.750. The Balaban J connectivity index is 2.18. The molecule has 1 aromatic rings. The Bertz CT molecular complexity index is 266. The van der Waals surface area contributed by atoms with Crippen LogP contribution in [-0.4, -0.2) is 25.9 Å². The quantitative estimate of drug-likeness (QED) is 0.610. The number of hydrogen-bond acceptors (Lipinski definition) is 3. The Labute approximate surface area is 72.2 Å². The standard InChI is InChI=1S/C8H14N4/c1-6(2)12-4-7-8(5-12)10-11(3)9-7/h6H,4-5H2,1-3H3. The van der Waals surface area contributed by atoms with Crippen molar-refractivity contribution in [3.8, 4) is 0 Å². The van der Waals surface area contributed by atoms with E-state index in [0.717, 1.165) is 24.5 Å². The van der Waals surface area contributed by atoms with Crippen molar-refractivity contribution in [2.24, 2.45) is 7.05 Å². The number of fused-ring (bicyclic) bond motifs is 1. The molecule has 1 aromatic heterocycles. The minimum atomic E-state index is 0.589. The fourth-order valence-corrected chi connectivity index (χ4v) is 1.54. The number of aryl methyl sites for hydroxylation is 1. The first-order chi connectivity index (χ1) is 5.66. The monoisotopic (exact) mass is 166 g/mol. The molecule has 0 saturated carbocycles. The van der Waals surface area contributed by atoms with E-state index in [0.29, 0.717) is 6.04 Å².